The zero-order valence-corrected chi connectivity index (χ0v) is 18.3. The van der Waals surface area contributed by atoms with Crippen molar-refractivity contribution in [3.8, 4) is 0 Å². The van der Waals surface area contributed by atoms with Gasteiger partial charge in [0.15, 0.2) is 0 Å². The lowest BCUT2D eigenvalue weighted by molar-refractivity contribution is 0.0596. The minimum Gasteiger partial charge on any atom is -0.393 e. The van der Waals surface area contributed by atoms with Crippen LogP contribution in [0, 0.1) is 23.2 Å². The molecule has 0 aromatic heterocycles. The molecule has 164 valence electrons. The number of aliphatic hydroxyl groups is 2. The molecule has 2 nitrogen and oxygen atoms in total. The smallest absolute Gasteiger partial charge is 0.0591 e. The first-order chi connectivity index (χ1) is 16.1. The zero-order valence-electron chi connectivity index (χ0n) is 24.3. The van der Waals surface area contributed by atoms with E-state index in [2.05, 4.69) is 32.6 Å². The third-order valence-electron chi connectivity index (χ3n) is 8.11. The lowest BCUT2D eigenvalue weighted by Gasteiger charge is -2.44. The summed E-state index contributed by atoms with van der Waals surface area (Å²) >= 11 is 0. The van der Waals surface area contributed by atoms with Crippen LogP contribution in [0.4, 0.5) is 0 Å². The molecule has 29 heavy (non-hydrogen) atoms. The quantitative estimate of drug-likeness (QED) is 0.513. The minimum absolute atomic E-state index is 0.176. The Labute approximate surface area is 187 Å². The fourth-order valence-corrected chi connectivity index (χ4v) is 6.49. The highest BCUT2D eigenvalue weighted by molar-refractivity contribution is 5.36. The Hall–Kier alpha value is -0.860. The molecule has 0 aromatic rings. The Morgan fingerprint density at radius 3 is 2.83 bits per heavy atom. The predicted octanol–water partition coefficient (Wildman–Crippen LogP) is 6.73. The molecule has 3 aliphatic rings. The number of rotatable bonds is 6. The molecule has 2 heteroatoms. The molecule has 2 N–H and O–H groups in total. The summed E-state index contributed by atoms with van der Waals surface area (Å²) in [5, 5.41) is 20.6. The van der Waals surface area contributed by atoms with E-state index in [-0.39, 0.29) is 17.9 Å². The van der Waals surface area contributed by atoms with Crippen LogP contribution in [-0.2, 0) is 0 Å². The van der Waals surface area contributed by atoms with Crippen molar-refractivity contribution in [3.63, 3.8) is 0 Å². The molecule has 0 bridgehead atoms. The van der Waals surface area contributed by atoms with Crippen LogP contribution in [0.5, 0.6) is 0 Å². The summed E-state index contributed by atoms with van der Waals surface area (Å²) in [6, 6.07) is 0. The maximum absolute atomic E-state index is 10.6. The van der Waals surface area contributed by atoms with Crippen LogP contribution in [0.25, 0.3) is 0 Å². The fraction of sp³-hybridized carbons (Fsp3) is 0.778. The topological polar surface area (TPSA) is 40.5 Å². The second-order valence-corrected chi connectivity index (χ2v) is 10.3. The number of fused-ring (bicyclic) bond motifs is 1. The van der Waals surface area contributed by atoms with Crippen molar-refractivity contribution in [1.29, 1.82) is 0 Å². The Morgan fingerprint density at radius 1 is 1.28 bits per heavy atom. The Morgan fingerprint density at radius 2 is 2.07 bits per heavy atom. The van der Waals surface area contributed by atoms with E-state index < -0.39 is 19.3 Å². The van der Waals surface area contributed by atoms with E-state index in [1.165, 1.54) is 17.6 Å². The first-order valence-electron chi connectivity index (χ1n) is 14.6. The van der Waals surface area contributed by atoms with E-state index >= 15 is 0 Å². The third-order valence-corrected chi connectivity index (χ3v) is 8.11. The normalized spacial score (nSPS) is 41.1. The lowest BCUT2D eigenvalue weighted by Crippen LogP contribution is -2.36. The number of aliphatic hydroxyl groups excluding tert-OH is 1. The van der Waals surface area contributed by atoms with Crippen molar-refractivity contribution < 1.29 is 18.4 Å². The van der Waals surface area contributed by atoms with E-state index in [1.807, 2.05) is 0 Å². The van der Waals surface area contributed by atoms with Crippen LogP contribution in [0.15, 0.2) is 35.5 Å². The highest BCUT2D eigenvalue weighted by atomic mass is 16.3. The lowest BCUT2D eigenvalue weighted by atomic mass is 9.60. The van der Waals surface area contributed by atoms with Gasteiger partial charge in [0.05, 0.1) is 11.7 Å². The molecule has 0 saturated heterocycles. The highest BCUT2D eigenvalue weighted by Crippen LogP contribution is 2.60. The molecule has 0 spiro atoms. The van der Waals surface area contributed by atoms with Crippen LogP contribution < -0.4 is 0 Å². The van der Waals surface area contributed by atoms with Gasteiger partial charge in [0.2, 0.25) is 0 Å². The van der Waals surface area contributed by atoms with E-state index in [1.54, 1.807) is 0 Å². The van der Waals surface area contributed by atoms with Gasteiger partial charge < -0.3 is 10.2 Å². The highest BCUT2D eigenvalue weighted by Gasteiger charge is 2.50. The molecular formula is C27H44O2. The second-order valence-electron chi connectivity index (χ2n) is 10.3. The van der Waals surface area contributed by atoms with Gasteiger partial charge in [-0.1, -0.05) is 56.6 Å². The summed E-state index contributed by atoms with van der Waals surface area (Å²) in [4.78, 5) is 0. The van der Waals surface area contributed by atoms with Gasteiger partial charge in [0.25, 0.3) is 0 Å². The zero-order chi connectivity index (χ0) is 26.2. The summed E-state index contributed by atoms with van der Waals surface area (Å²) in [5.41, 5.74) is 1.32. The monoisotopic (exact) mass is 406 g/mol. The molecule has 1 unspecified atom stereocenters. The van der Waals surface area contributed by atoms with E-state index in [0.29, 0.717) is 37.0 Å². The second kappa shape index (κ2) is 9.10. The van der Waals surface area contributed by atoms with Crippen molar-refractivity contribution in [3.05, 3.63) is 35.5 Å². The van der Waals surface area contributed by atoms with Gasteiger partial charge in [-0.3, -0.25) is 0 Å². The SMILES string of the molecule is [2H]C([2H])([2H])C(O)(CCC[C@@H](C)[C@H]1CCC2C(=CC=C3C[C@@H](O)CCC3=C)CCC[C@@]21C)C([2H])([2H])[2H]. The van der Waals surface area contributed by atoms with Crippen LogP contribution in [0.2, 0.25) is 0 Å². The average Bonchev–Trinajstić information content (AvgIpc) is 3.10. The van der Waals surface area contributed by atoms with Crippen molar-refractivity contribution in [2.24, 2.45) is 23.2 Å². The molecule has 0 aromatic carbocycles. The largest absolute Gasteiger partial charge is 0.393 e. The van der Waals surface area contributed by atoms with Gasteiger partial charge in [-0.2, -0.15) is 0 Å². The molecule has 3 aliphatic carbocycles. The molecule has 3 rings (SSSR count). The van der Waals surface area contributed by atoms with Crippen molar-refractivity contribution in [1.82, 2.24) is 0 Å². The summed E-state index contributed by atoms with van der Waals surface area (Å²) in [5.74, 6) is 1.33. The summed E-state index contributed by atoms with van der Waals surface area (Å²) in [7, 11) is 0. The molecule has 0 amide bonds. The molecular weight excluding hydrogens is 356 g/mol. The number of hydrogen-bond acceptors (Lipinski definition) is 2. The van der Waals surface area contributed by atoms with Crippen LogP contribution in [0.3, 0.4) is 0 Å². The molecule has 5 atom stereocenters. The van der Waals surface area contributed by atoms with Crippen molar-refractivity contribution in [2.75, 3.05) is 0 Å². The molecule has 0 aliphatic heterocycles. The van der Waals surface area contributed by atoms with Gasteiger partial charge in [0.1, 0.15) is 0 Å². The molecule has 3 saturated carbocycles. The van der Waals surface area contributed by atoms with E-state index in [4.69, 9.17) is 8.22 Å². The number of allylic oxidation sites excluding steroid dienone is 4. The maximum Gasteiger partial charge on any atom is 0.0591 e. The van der Waals surface area contributed by atoms with Crippen LogP contribution in [-0.4, -0.2) is 21.9 Å². The Balaban J connectivity index is 1.68. The van der Waals surface area contributed by atoms with Gasteiger partial charge >= 0.3 is 0 Å². The van der Waals surface area contributed by atoms with Crippen LogP contribution >= 0.6 is 0 Å². The summed E-state index contributed by atoms with van der Waals surface area (Å²) < 4.78 is 45.6. The average molecular weight is 407 g/mol. The van der Waals surface area contributed by atoms with Gasteiger partial charge in [-0.25, -0.2) is 0 Å². The predicted molar refractivity (Wildman–Crippen MR) is 123 cm³/mol. The Bertz CT molecular complexity index is 826. The standard InChI is InChI=1S/C27H44O2/c1-19-10-13-23(28)18-22(19)12-11-21-9-7-17-27(5)24(14-15-25(21)27)20(2)8-6-16-26(3,4)29/h11-12,20,23-25,28-29H,1,6-10,13-18H2,2-5H3/t20-,23+,24-,25?,27-/m1/s1/i3D3,4D3. The summed E-state index contributed by atoms with van der Waals surface area (Å²) in [6.07, 6.45) is 13.1. The van der Waals surface area contributed by atoms with E-state index in [0.717, 1.165) is 44.1 Å². The summed E-state index contributed by atoms with van der Waals surface area (Å²) in [6.45, 7) is 2.91. The van der Waals surface area contributed by atoms with Gasteiger partial charge in [0, 0.05) is 8.22 Å². The first-order valence-corrected chi connectivity index (χ1v) is 11.6. The Kier molecular flexibility index (Phi) is 4.98. The fourth-order valence-electron chi connectivity index (χ4n) is 6.49. The van der Waals surface area contributed by atoms with Crippen molar-refractivity contribution in [2.45, 2.75) is 110 Å². The van der Waals surface area contributed by atoms with Crippen molar-refractivity contribution >= 4 is 0 Å². The van der Waals surface area contributed by atoms with Gasteiger partial charge in [-0.15, -0.1) is 0 Å². The maximum atomic E-state index is 10.6. The van der Waals surface area contributed by atoms with E-state index in [9.17, 15) is 10.2 Å². The first kappa shape index (κ1) is 15.9. The third kappa shape index (κ3) is 5.44. The van der Waals surface area contributed by atoms with Gasteiger partial charge in [-0.05, 0) is 100 Å². The molecule has 0 heterocycles. The number of hydrogen-bond donors (Lipinski definition) is 2. The molecule has 3 fully saturated rings. The van der Waals surface area contributed by atoms with Crippen LogP contribution in [0.1, 0.15) is 106 Å². The minimum atomic E-state index is -2.94. The molecule has 0 radical (unpaired) electrons.